The number of carbonyl (C=O) groups is 1. The monoisotopic (exact) mass is 230 g/mol. The minimum atomic E-state index is -0.210. The Morgan fingerprint density at radius 3 is 2.47 bits per heavy atom. The molecule has 0 saturated carbocycles. The Hall–Kier alpha value is -2.07. The normalized spacial score (nSPS) is 10.2. The summed E-state index contributed by atoms with van der Waals surface area (Å²) in [6.07, 6.45) is 1.48. The van der Waals surface area contributed by atoms with E-state index in [9.17, 15) is 4.79 Å². The molecule has 2 aromatic rings. The third-order valence-corrected chi connectivity index (χ3v) is 2.46. The highest BCUT2D eigenvalue weighted by atomic mass is 16.3. The second-order valence-corrected chi connectivity index (χ2v) is 3.68. The Bertz CT molecular complexity index is 475. The lowest BCUT2D eigenvalue weighted by Gasteiger charge is -2.04. The fourth-order valence-corrected chi connectivity index (χ4v) is 1.47. The Morgan fingerprint density at radius 1 is 1.18 bits per heavy atom. The third-order valence-electron chi connectivity index (χ3n) is 2.46. The van der Waals surface area contributed by atoms with Gasteiger partial charge in [0.1, 0.15) is 0 Å². The topological polar surface area (TPSA) is 68.3 Å². The number of hydrogen-bond donors (Lipinski definition) is 2. The van der Waals surface area contributed by atoms with Crippen LogP contribution in [0, 0.1) is 0 Å². The van der Waals surface area contributed by atoms with Gasteiger partial charge < -0.3 is 15.5 Å². The summed E-state index contributed by atoms with van der Waals surface area (Å²) in [6.45, 7) is 1.00. The van der Waals surface area contributed by atoms with Crippen molar-refractivity contribution in [1.29, 1.82) is 0 Å². The van der Waals surface area contributed by atoms with E-state index >= 15 is 0 Å². The van der Waals surface area contributed by atoms with Gasteiger partial charge in [0.2, 0.25) is 0 Å². The fraction of sp³-hybridized carbons (Fsp3) is 0.154. The molecule has 0 fully saturated rings. The van der Waals surface area contributed by atoms with Crippen LogP contribution in [0.25, 0.3) is 0 Å². The summed E-state index contributed by atoms with van der Waals surface area (Å²) in [5.41, 5.74) is 7.61. The molecule has 88 valence electrons. The van der Waals surface area contributed by atoms with E-state index in [-0.39, 0.29) is 5.91 Å². The van der Waals surface area contributed by atoms with Gasteiger partial charge in [-0.3, -0.25) is 4.79 Å². The van der Waals surface area contributed by atoms with Crippen molar-refractivity contribution < 1.29 is 9.21 Å². The molecule has 0 atom stereocenters. The lowest BCUT2D eigenvalue weighted by atomic mass is 10.1. The highest BCUT2D eigenvalue weighted by molar-refractivity contribution is 5.91. The zero-order chi connectivity index (χ0) is 12.1. The summed E-state index contributed by atoms with van der Waals surface area (Å²) in [7, 11) is 0. The first-order valence-electron chi connectivity index (χ1n) is 5.39. The largest absolute Gasteiger partial charge is 0.459 e. The van der Waals surface area contributed by atoms with Crippen molar-refractivity contribution in [2.24, 2.45) is 5.73 Å². The number of hydrogen-bond acceptors (Lipinski definition) is 3. The average molecular weight is 230 g/mol. The zero-order valence-electron chi connectivity index (χ0n) is 9.35. The molecule has 4 nitrogen and oxygen atoms in total. The average Bonchev–Trinajstić information content (AvgIpc) is 2.90. The SMILES string of the molecule is NCc1ccc(CNC(=O)c2ccco2)cc1. The second kappa shape index (κ2) is 5.32. The maximum Gasteiger partial charge on any atom is 0.287 e. The van der Waals surface area contributed by atoms with Crippen molar-refractivity contribution in [1.82, 2.24) is 5.32 Å². The van der Waals surface area contributed by atoms with Crippen LogP contribution in [0.15, 0.2) is 47.1 Å². The van der Waals surface area contributed by atoms with E-state index in [2.05, 4.69) is 5.32 Å². The molecule has 0 aliphatic rings. The van der Waals surface area contributed by atoms with Gasteiger partial charge in [0.25, 0.3) is 5.91 Å². The lowest BCUT2D eigenvalue weighted by molar-refractivity contribution is 0.0923. The van der Waals surface area contributed by atoms with Crippen molar-refractivity contribution in [2.45, 2.75) is 13.1 Å². The standard InChI is InChI=1S/C13H14N2O2/c14-8-10-3-5-11(6-4-10)9-15-13(16)12-2-1-7-17-12/h1-7H,8-9,14H2,(H,15,16). The molecular weight excluding hydrogens is 216 g/mol. The number of carbonyl (C=O) groups excluding carboxylic acids is 1. The summed E-state index contributed by atoms with van der Waals surface area (Å²) in [4.78, 5) is 11.6. The number of nitrogens with one attached hydrogen (secondary N) is 1. The lowest BCUT2D eigenvalue weighted by Crippen LogP contribution is -2.22. The van der Waals surface area contributed by atoms with Crippen molar-refractivity contribution in [3.05, 3.63) is 59.5 Å². The summed E-state index contributed by atoms with van der Waals surface area (Å²) in [5, 5.41) is 2.77. The predicted molar refractivity (Wildman–Crippen MR) is 64.2 cm³/mol. The van der Waals surface area contributed by atoms with Gasteiger partial charge >= 0.3 is 0 Å². The molecular formula is C13H14N2O2. The molecule has 17 heavy (non-hydrogen) atoms. The molecule has 1 amide bonds. The summed E-state index contributed by atoms with van der Waals surface area (Å²) in [6, 6.07) is 11.1. The maximum absolute atomic E-state index is 11.6. The van der Waals surface area contributed by atoms with Crippen molar-refractivity contribution in [2.75, 3.05) is 0 Å². The van der Waals surface area contributed by atoms with Crippen LogP contribution in [0.3, 0.4) is 0 Å². The molecule has 2 rings (SSSR count). The van der Waals surface area contributed by atoms with Crippen LogP contribution in [0.2, 0.25) is 0 Å². The Labute approximate surface area is 99.4 Å². The van der Waals surface area contributed by atoms with Gasteiger partial charge in [-0.1, -0.05) is 24.3 Å². The smallest absolute Gasteiger partial charge is 0.287 e. The molecule has 0 unspecified atom stereocenters. The van der Waals surface area contributed by atoms with Crippen molar-refractivity contribution in [3.8, 4) is 0 Å². The molecule has 1 aromatic heterocycles. The van der Waals surface area contributed by atoms with E-state index in [1.54, 1.807) is 12.1 Å². The molecule has 0 bridgehead atoms. The van der Waals surface area contributed by atoms with Crippen molar-refractivity contribution >= 4 is 5.91 Å². The van der Waals surface area contributed by atoms with Gasteiger partial charge in [0.15, 0.2) is 5.76 Å². The molecule has 0 aliphatic heterocycles. The molecule has 0 radical (unpaired) electrons. The summed E-state index contributed by atoms with van der Waals surface area (Å²) in [5.74, 6) is 0.112. The number of rotatable bonds is 4. The minimum Gasteiger partial charge on any atom is -0.459 e. The van der Waals surface area contributed by atoms with Gasteiger partial charge in [-0.2, -0.15) is 0 Å². The van der Waals surface area contributed by atoms with Gasteiger partial charge in [-0.05, 0) is 23.3 Å². The highest BCUT2D eigenvalue weighted by Crippen LogP contribution is 2.04. The first-order valence-corrected chi connectivity index (χ1v) is 5.39. The number of amides is 1. The molecule has 0 aliphatic carbocycles. The molecule has 4 heteroatoms. The fourth-order valence-electron chi connectivity index (χ4n) is 1.47. The van der Waals surface area contributed by atoms with Gasteiger partial charge in [0.05, 0.1) is 6.26 Å². The summed E-state index contributed by atoms with van der Waals surface area (Å²) < 4.78 is 4.99. The van der Waals surface area contributed by atoms with Crippen LogP contribution in [0.1, 0.15) is 21.7 Å². The maximum atomic E-state index is 11.6. The number of benzene rings is 1. The molecule has 0 saturated heterocycles. The quantitative estimate of drug-likeness (QED) is 0.839. The number of furan rings is 1. The van der Waals surface area contributed by atoms with Crippen LogP contribution in [0.5, 0.6) is 0 Å². The summed E-state index contributed by atoms with van der Waals surface area (Å²) >= 11 is 0. The van der Waals surface area contributed by atoms with Gasteiger partial charge in [-0.25, -0.2) is 0 Å². The van der Waals surface area contributed by atoms with Crippen LogP contribution in [-0.4, -0.2) is 5.91 Å². The predicted octanol–water partition coefficient (Wildman–Crippen LogP) is 1.67. The van der Waals surface area contributed by atoms with E-state index < -0.39 is 0 Å². The van der Waals surface area contributed by atoms with E-state index in [4.69, 9.17) is 10.2 Å². The van der Waals surface area contributed by atoms with Crippen LogP contribution in [0.4, 0.5) is 0 Å². The van der Waals surface area contributed by atoms with E-state index in [0.29, 0.717) is 18.8 Å². The first-order chi connectivity index (χ1) is 8.29. The molecule has 1 aromatic carbocycles. The third kappa shape index (κ3) is 2.95. The molecule has 1 heterocycles. The first kappa shape index (κ1) is 11.4. The van der Waals surface area contributed by atoms with Gasteiger partial charge in [-0.15, -0.1) is 0 Å². The zero-order valence-corrected chi connectivity index (χ0v) is 9.35. The van der Waals surface area contributed by atoms with E-state index in [0.717, 1.165) is 11.1 Å². The molecule has 0 spiro atoms. The van der Waals surface area contributed by atoms with Gasteiger partial charge in [0, 0.05) is 13.1 Å². The Balaban J connectivity index is 1.91. The van der Waals surface area contributed by atoms with Crippen molar-refractivity contribution in [3.63, 3.8) is 0 Å². The molecule has 3 N–H and O–H groups in total. The minimum absolute atomic E-state index is 0.210. The Morgan fingerprint density at radius 2 is 1.88 bits per heavy atom. The second-order valence-electron chi connectivity index (χ2n) is 3.68. The highest BCUT2D eigenvalue weighted by Gasteiger charge is 2.07. The van der Waals surface area contributed by atoms with E-state index in [1.807, 2.05) is 24.3 Å². The van der Waals surface area contributed by atoms with Crippen LogP contribution >= 0.6 is 0 Å². The van der Waals surface area contributed by atoms with E-state index in [1.165, 1.54) is 6.26 Å². The number of nitrogens with two attached hydrogens (primary N) is 1. The Kier molecular flexibility index (Phi) is 3.57. The van der Waals surface area contributed by atoms with Crippen LogP contribution in [-0.2, 0) is 13.1 Å². The van der Waals surface area contributed by atoms with Crippen LogP contribution < -0.4 is 11.1 Å².